The van der Waals surface area contributed by atoms with Gasteiger partial charge in [0.1, 0.15) is 5.82 Å². The number of imidazole rings is 1. The van der Waals surface area contributed by atoms with Gasteiger partial charge in [0.15, 0.2) is 0 Å². The van der Waals surface area contributed by atoms with E-state index in [0.717, 1.165) is 18.4 Å². The van der Waals surface area contributed by atoms with E-state index in [0.29, 0.717) is 37.4 Å². The molecule has 0 saturated carbocycles. The van der Waals surface area contributed by atoms with E-state index in [-0.39, 0.29) is 5.91 Å². The number of hydrogen-bond donors (Lipinski definition) is 2. The summed E-state index contributed by atoms with van der Waals surface area (Å²) in [5.74, 6) is 0.698. The molecule has 2 heterocycles. The number of rotatable bonds is 4. The van der Waals surface area contributed by atoms with Crippen LogP contribution in [0, 0.1) is 0 Å². The average molecular weight is 342 g/mol. The number of likely N-dealkylation sites (N-methyl/N-ethyl adjacent to an activating group) is 1. The fourth-order valence-electron chi connectivity index (χ4n) is 3.59. The lowest BCUT2D eigenvalue weighted by molar-refractivity contribution is 0.00305. The quantitative estimate of drug-likeness (QED) is 0.891. The van der Waals surface area contributed by atoms with Crippen molar-refractivity contribution in [1.82, 2.24) is 19.8 Å². The second kappa shape index (κ2) is 7.37. The number of aromatic nitrogens is 2. The summed E-state index contributed by atoms with van der Waals surface area (Å²) in [5.41, 5.74) is 0.736. The first-order valence-corrected chi connectivity index (χ1v) is 8.74. The molecule has 1 aliphatic rings. The summed E-state index contributed by atoms with van der Waals surface area (Å²) in [6.07, 6.45) is 5.56. The Morgan fingerprint density at radius 1 is 1.32 bits per heavy atom. The molecule has 1 aromatic heterocycles. The average Bonchev–Trinajstić information content (AvgIpc) is 3.04. The van der Waals surface area contributed by atoms with Gasteiger partial charge in [0.05, 0.1) is 11.2 Å². The Hall–Kier alpha value is -2.18. The molecule has 0 radical (unpaired) electrons. The van der Waals surface area contributed by atoms with Crippen molar-refractivity contribution in [2.45, 2.75) is 24.9 Å². The van der Waals surface area contributed by atoms with E-state index >= 15 is 0 Å². The largest absolute Gasteiger partial charge is 0.388 e. The molecule has 0 aliphatic carbocycles. The Bertz CT molecular complexity index is 714. The lowest BCUT2D eigenvalue weighted by Gasteiger charge is -2.30. The summed E-state index contributed by atoms with van der Waals surface area (Å²) >= 11 is 0. The number of amides is 1. The second-order valence-corrected chi connectivity index (χ2v) is 7.09. The van der Waals surface area contributed by atoms with E-state index in [1.165, 1.54) is 0 Å². The molecule has 2 N–H and O–H groups in total. The topological polar surface area (TPSA) is 72.5 Å². The third-order valence-corrected chi connectivity index (χ3v) is 4.73. The molecule has 134 valence electrons. The molecule has 2 aromatic rings. The SMILES string of the molecule is CN(C)C[C@@]1(O)CCCN(C(=O)c2ccccc2-c2ncc[nH]2)CC1. The summed E-state index contributed by atoms with van der Waals surface area (Å²) in [7, 11) is 3.93. The number of aliphatic hydroxyl groups is 1. The molecule has 0 spiro atoms. The van der Waals surface area contributed by atoms with Crippen molar-refractivity contribution in [1.29, 1.82) is 0 Å². The highest BCUT2D eigenvalue weighted by Crippen LogP contribution is 2.26. The van der Waals surface area contributed by atoms with E-state index in [4.69, 9.17) is 0 Å². The first-order valence-electron chi connectivity index (χ1n) is 8.74. The maximum Gasteiger partial charge on any atom is 0.254 e. The zero-order valence-corrected chi connectivity index (χ0v) is 14.9. The summed E-state index contributed by atoms with van der Waals surface area (Å²) < 4.78 is 0. The van der Waals surface area contributed by atoms with E-state index in [1.54, 1.807) is 12.4 Å². The van der Waals surface area contributed by atoms with Crippen molar-refractivity contribution < 1.29 is 9.90 Å². The number of carbonyl (C=O) groups excluding carboxylic acids is 1. The van der Waals surface area contributed by atoms with Crippen LogP contribution in [0.1, 0.15) is 29.6 Å². The van der Waals surface area contributed by atoms with E-state index in [1.807, 2.05) is 48.2 Å². The van der Waals surface area contributed by atoms with Gasteiger partial charge in [-0.3, -0.25) is 4.79 Å². The van der Waals surface area contributed by atoms with Gasteiger partial charge in [0.25, 0.3) is 5.91 Å². The molecule has 1 amide bonds. The number of aromatic amines is 1. The number of nitrogens with zero attached hydrogens (tertiary/aromatic N) is 3. The molecular weight excluding hydrogens is 316 g/mol. The van der Waals surface area contributed by atoms with Crippen LogP contribution in [0.5, 0.6) is 0 Å². The molecule has 1 aliphatic heterocycles. The zero-order valence-electron chi connectivity index (χ0n) is 14.9. The number of benzene rings is 1. The van der Waals surface area contributed by atoms with Gasteiger partial charge in [0.2, 0.25) is 0 Å². The van der Waals surface area contributed by atoms with Crippen LogP contribution in [-0.2, 0) is 0 Å². The molecule has 6 nitrogen and oxygen atoms in total. The van der Waals surface area contributed by atoms with Crippen molar-refractivity contribution in [3.8, 4) is 11.4 Å². The van der Waals surface area contributed by atoms with Crippen molar-refractivity contribution in [3.63, 3.8) is 0 Å². The fraction of sp³-hybridized carbons (Fsp3) is 0.474. The maximum absolute atomic E-state index is 13.1. The van der Waals surface area contributed by atoms with E-state index < -0.39 is 5.60 Å². The van der Waals surface area contributed by atoms with Crippen LogP contribution >= 0.6 is 0 Å². The molecule has 0 bridgehead atoms. The molecule has 25 heavy (non-hydrogen) atoms. The maximum atomic E-state index is 13.1. The third-order valence-electron chi connectivity index (χ3n) is 4.73. The highest BCUT2D eigenvalue weighted by Gasteiger charge is 2.32. The Morgan fingerprint density at radius 3 is 2.84 bits per heavy atom. The van der Waals surface area contributed by atoms with Crippen LogP contribution in [0.4, 0.5) is 0 Å². The monoisotopic (exact) mass is 342 g/mol. The Morgan fingerprint density at radius 2 is 2.12 bits per heavy atom. The lowest BCUT2D eigenvalue weighted by atomic mass is 9.94. The molecule has 6 heteroatoms. The minimum atomic E-state index is -0.723. The van der Waals surface area contributed by atoms with Crippen LogP contribution in [0.2, 0.25) is 0 Å². The summed E-state index contributed by atoms with van der Waals surface area (Å²) in [6, 6.07) is 7.54. The van der Waals surface area contributed by atoms with Crippen molar-refractivity contribution in [3.05, 3.63) is 42.2 Å². The molecule has 1 atom stereocenters. The first-order chi connectivity index (χ1) is 12.0. The number of likely N-dealkylation sites (tertiary alicyclic amines) is 1. The highest BCUT2D eigenvalue weighted by atomic mass is 16.3. The molecule has 1 fully saturated rings. The number of nitrogens with one attached hydrogen (secondary N) is 1. The molecule has 0 unspecified atom stereocenters. The number of H-pyrrole nitrogens is 1. The number of hydrogen-bond acceptors (Lipinski definition) is 4. The second-order valence-electron chi connectivity index (χ2n) is 7.09. The van der Waals surface area contributed by atoms with Crippen LogP contribution < -0.4 is 0 Å². The van der Waals surface area contributed by atoms with E-state index in [9.17, 15) is 9.90 Å². The Labute approximate surface area is 148 Å². The fourth-order valence-corrected chi connectivity index (χ4v) is 3.59. The van der Waals surface area contributed by atoms with Gasteiger partial charge in [0, 0.05) is 37.6 Å². The van der Waals surface area contributed by atoms with E-state index in [2.05, 4.69) is 9.97 Å². The Balaban J connectivity index is 1.78. The predicted molar refractivity (Wildman–Crippen MR) is 97.3 cm³/mol. The van der Waals surface area contributed by atoms with Gasteiger partial charge < -0.3 is 19.9 Å². The van der Waals surface area contributed by atoms with Crippen LogP contribution in [0.15, 0.2) is 36.7 Å². The van der Waals surface area contributed by atoms with Gasteiger partial charge in [-0.05, 0) is 39.4 Å². The minimum Gasteiger partial charge on any atom is -0.388 e. The zero-order chi connectivity index (χ0) is 17.9. The first kappa shape index (κ1) is 17.6. The van der Waals surface area contributed by atoms with Gasteiger partial charge in [-0.15, -0.1) is 0 Å². The summed E-state index contributed by atoms with van der Waals surface area (Å²) in [5, 5.41) is 10.8. The van der Waals surface area contributed by atoms with Crippen LogP contribution in [-0.4, -0.2) is 70.1 Å². The predicted octanol–water partition coefficient (Wildman–Crippen LogP) is 2.00. The van der Waals surface area contributed by atoms with Crippen molar-refractivity contribution in [2.24, 2.45) is 0 Å². The summed E-state index contributed by atoms with van der Waals surface area (Å²) in [4.78, 5) is 24.3. The molecular formula is C19H26N4O2. The Kier molecular flexibility index (Phi) is 5.20. The van der Waals surface area contributed by atoms with Gasteiger partial charge >= 0.3 is 0 Å². The van der Waals surface area contributed by atoms with Gasteiger partial charge in [-0.25, -0.2) is 4.98 Å². The molecule has 1 aromatic carbocycles. The number of carbonyl (C=O) groups is 1. The minimum absolute atomic E-state index is 0.00102. The van der Waals surface area contributed by atoms with Gasteiger partial charge in [-0.1, -0.05) is 18.2 Å². The normalized spacial score (nSPS) is 21.4. The van der Waals surface area contributed by atoms with Crippen molar-refractivity contribution >= 4 is 5.91 Å². The lowest BCUT2D eigenvalue weighted by Crippen LogP contribution is -2.41. The van der Waals surface area contributed by atoms with Crippen molar-refractivity contribution in [2.75, 3.05) is 33.7 Å². The molecule has 1 saturated heterocycles. The highest BCUT2D eigenvalue weighted by molar-refractivity contribution is 6.00. The summed E-state index contributed by atoms with van der Waals surface area (Å²) in [6.45, 7) is 1.86. The van der Waals surface area contributed by atoms with Crippen LogP contribution in [0.25, 0.3) is 11.4 Å². The third kappa shape index (κ3) is 4.08. The van der Waals surface area contributed by atoms with Gasteiger partial charge in [-0.2, -0.15) is 0 Å². The van der Waals surface area contributed by atoms with Crippen LogP contribution in [0.3, 0.4) is 0 Å². The standard InChI is InChI=1S/C19H26N4O2/c1-22(2)14-19(25)8-5-12-23(13-9-19)18(24)16-7-4-3-6-15(16)17-20-10-11-21-17/h3-4,6-7,10-11,25H,5,8-9,12-14H2,1-2H3,(H,20,21)/t19-/m1/s1. The smallest absolute Gasteiger partial charge is 0.254 e. The molecule has 3 rings (SSSR count).